The molecule has 0 aromatic heterocycles. The molecule has 3 aromatic rings. The first-order valence-electron chi connectivity index (χ1n) is 11.1. The molecule has 166 valence electrons. The van der Waals surface area contributed by atoms with E-state index in [-0.39, 0.29) is 24.0 Å². The number of nitrogens with zero attached hydrogens (tertiary/aromatic N) is 1. The van der Waals surface area contributed by atoms with Crippen LogP contribution >= 0.6 is 23.2 Å². The Morgan fingerprint density at radius 3 is 2.15 bits per heavy atom. The third-order valence-electron chi connectivity index (χ3n) is 6.70. The highest BCUT2D eigenvalue weighted by Gasteiger charge is 2.43. The second-order valence-corrected chi connectivity index (χ2v) is 9.52. The second kappa shape index (κ2) is 8.81. The fourth-order valence-electron chi connectivity index (χ4n) is 5.18. The minimum Gasteiger partial charge on any atom is -0.294 e. The average Bonchev–Trinajstić information content (AvgIpc) is 2.80. The number of anilines is 1. The standard InChI is InChI=1S/C28H23Cl2NO2/c1-17-8-5-6-13-23(17)31-24-14-19(18-9-3-2-4-10-18)15-25(32)28(24)20(16-26(31)33)27-21(29)11-7-12-22(27)30/h2-13,19-20H,14-16H2,1H3. The first-order valence-corrected chi connectivity index (χ1v) is 11.8. The highest BCUT2D eigenvalue weighted by molar-refractivity contribution is 6.36. The minimum absolute atomic E-state index is 0.0113. The van der Waals surface area contributed by atoms with Crippen LogP contribution in [0.25, 0.3) is 0 Å². The predicted octanol–water partition coefficient (Wildman–Crippen LogP) is 7.22. The summed E-state index contributed by atoms with van der Waals surface area (Å²) in [7, 11) is 0. The van der Waals surface area contributed by atoms with Crippen LogP contribution in [0, 0.1) is 6.92 Å². The van der Waals surface area contributed by atoms with Gasteiger partial charge in [-0.15, -0.1) is 0 Å². The predicted molar refractivity (Wildman–Crippen MR) is 133 cm³/mol. The third-order valence-corrected chi connectivity index (χ3v) is 7.36. The molecule has 1 amide bonds. The van der Waals surface area contributed by atoms with E-state index in [9.17, 15) is 9.59 Å². The number of carbonyl (C=O) groups excluding carboxylic acids is 2. The lowest BCUT2D eigenvalue weighted by Crippen LogP contribution is -2.42. The zero-order valence-corrected chi connectivity index (χ0v) is 19.7. The Hall–Kier alpha value is -2.88. The van der Waals surface area contributed by atoms with Crippen LogP contribution in [0.4, 0.5) is 5.69 Å². The van der Waals surface area contributed by atoms with Crippen LogP contribution in [0.15, 0.2) is 84.1 Å². The molecule has 0 fully saturated rings. The molecule has 0 saturated carbocycles. The molecule has 33 heavy (non-hydrogen) atoms. The van der Waals surface area contributed by atoms with Gasteiger partial charge in [-0.05, 0) is 54.2 Å². The van der Waals surface area contributed by atoms with E-state index in [1.165, 1.54) is 0 Å². The number of rotatable bonds is 3. The molecule has 0 bridgehead atoms. The molecule has 0 spiro atoms. The summed E-state index contributed by atoms with van der Waals surface area (Å²) in [5.41, 5.74) is 5.01. The summed E-state index contributed by atoms with van der Waals surface area (Å²) in [6.45, 7) is 1.99. The highest BCUT2D eigenvalue weighted by atomic mass is 35.5. The van der Waals surface area contributed by atoms with Crippen molar-refractivity contribution in [2.45, 2.75) is 38.0 Å². The number of amides is 1. The molecule has 3 aromatic carbocycles. The van der Waals surface area contributed by atoms with E-state index in [2.05, 4.69) is 12.1 Å². The fourth-order valence-corrected chi connectivity index (χ4v) is 5.84. The van der Waals surface area contributed by atoms with Crippen LogP contribution < -0.4 is 4.90 Å². The van der Waals surface area contributed by atoms with E-state index in [0.717, 1.165) is 22.5 Å². The van der Waals surface area contributed by atoms with Crippen LogP contribution in [-0.2, 0) is 9.59 Å². The number of carbonyl (C=O) groups is 2. The maximum Gasteiger partial charge on any atom is 0.232 e. The normalized spacial score (nSPS) is 20.8. The van der Waals surface area contributed by atoms with Gasteiger partial charge in [-0.3, -0.25) is 14.5 Å². The molecule has 2 atom stereocenters. The molecular formula is C28H23Cl2NO2. The van der Waals surface area contributed by atoms with Crippen molar-refractivity contribution in [2.75, 3.05) is 4.90 Å². The quantitative estimate of drug-likeness (QED) is 0.400. The number of para-hydroxylation sites is 1. The molecule has 2 aliphatic rings. The Morgan fingerprint density at radius 1 is 0.788 bits per heavy atom. The lowest BCUT2D eigenvalue weighted by Gasteiger charge is -2.41. The SMILES string of the molecule is Cc1ccccc1N1C(=O)CC(c2c(Cl)cccc2Cl)C2=C1CC(c1ccccc1)CC2=O. The maximum atomic E-state index is 13.7. The number of allylic oxidation sites excluding steroid dienone is 2. The summed E-state index contributed by atoms with van der Waals surface area (Å²) in [6.07, 6.45) is 1.15. The molecule has 2 unspecified atom stereocenters. The van der Waals surface area contributed by atoms with Crippen LogP contribution in [0.5, 0.6) is 0 Å². The van der Waals surface area contributed by atoms with Crippen molar-refractivity contribution in [3.63, 3.8) is 0 Å². The van der Waals surface area contributed by atoms with Gasteiger partial charge in [-0.25, -0.2) is 0 Å². The monoisotopic (exact) mass is 475 g/mol. The second-order valence-electron chi connectivity index (χ2n) is 8.71. The van der Waals surface area contributed by atoms with E-state index < -0.39 is 5.92 Å². The number of aryl methyl sites for hydroxylation is 1. The van der Waals surface area contributed by atoms with Gasteiger partial charge in [-0.2, -0.15) is 0 Å². The van der Waals surface area contributed by atoms with Crippen molar-refractivity contribution in [2.24, 2.45) is 0 Å². The lowest BCUT2D eigenvalue weighted by molar-refractivity contribution is -0.120. The molecule has 0 N–H and O–H groups in total. The van der Waals surface area contributed by atoms with E-state index in [1.54, 1.807) is 23.1 Å². The zero-order chi connectivity index (χ0) is 23.1. The third kappa shape index (κ3) is 3.90. The molecule has 0 saturated heterocycles. The Balaban J connectivity index is 1.71. The van der Waals surface area contributed by atoms with E-state index in [0.29, 0.717) is 34.0 Å². The summed E-state index contributed by atoms with van der Waals surface area (Å²) in [5, 5.41) is 0.962. The number of ketones is 1. The summed E-state index contributed by atoms with van der Waals surface area (Å²) >= 11 is 13.1. The average molecular weight is 476 g/mol. The van der Waals surface area contributed by atoms with Gasteiger partial charge >= 0.3 is 0 Å². The van der Waals surface area contributed by atoms with Crippen molar-refractivity contribution in [1.82, 2.24) is 0 Å². The Bertz CT molecular complexity index is 1260. The van der Waals surface area contributed by atoms with Gasteiger partial charge in [-0.1, -0.05) is 77.8 Å². The summed E-state index contributed by atoms with van der Waals surface area (Å²) in [6, 6.07) is 23.2. The van der Waals surface area contributed by atoms with Crippen molar-refractivity contribution in [3.8, 4) is 0 Å². The van der Waals surface area contributed by atoms with Crippen molar-refractivity contribution in [3.05, 3.63) is 111 Å². The van der Waals surface area contributed by atoms with Gasteiger partial charge in [0.05, 0.1) is 5.69 Å². The molecule has 5 rings (SSSR count). The Morgan fingerprint density at radius 2 is 1.45 bits per heavy atom. The van der Waals surface area contributed by atoms with Crippen molar-refractivity contribution < 1.29 is 9.59 Å². The largest absolute Gasteiger partial charge is 0.294 e. The molecule has 1 aliphatic carbocycles. The van der Waals surface area contributed by atoms with E-state index in [4.69, 9.17) is 23.2 Å². The number of benzene rings is 3. The number of hydrogen-bond acceptors (Lipinski definition) is 2. The molecule has 1 aliphatic heterocycles. The number of halogens is 2. The van der Waals surface area contributed by atoms with Gasteiger partial charge < -0.3 is 0 Å². The summed E-state index contributed by atoms with van der Waals surface area (Å²) in [4.78, 5) is 29.1. The van der Waals surface area contributed by atoms with Gasteiger partial charge in [0.2, 0.25) is 5.91 Å². The molecule has 0 radical (unpaired) electrons. The Kier molecular flexibility index (Phi) is 5.86. The van der Waals surface area contributed by atoms with Crippen LogP contribution in [-0.4, -0.2) is 11.7 Å². The van der Waals surface area contributed by atoms with Gasteiger partial charge in [0.15, 0.2) is 5.78 Å². The minimum atomic E-state index is -0.446. The highest BCUT2D eigenvalue weighted by Crippen LogP contribution is 2.49. The van der Waals surface area contributed by atoms with Crippen molar-refractivity contribution >= 4 is 40.6 Å². The van der Waals surface area contributed by atoms with Gasteiger partial charge in [0.1, 0.15) is 0 Å². The lowest BCUT2D eigenvalue weighted by atomic mass is 9.72. The summed E-state index contributed by atoms with van der Waals surface area (Å²) < 4.78 is 0. The zero-order valence-electron chi connectivity index (χ0n) is 18.2. The molecular weight excluding hydrogens is 453 g/mol. The smallest absolute Gasteiger partial charge is 0.232 e. The first kappa shape index (κ1) is 21.9. The van der Waals surface area contributed by atoms with E-state index in [1.807, 2.05) is 49.4 Å². The molecule has 1 heterocycles. The van der Waals surface area contributed by atoms with Gasteiger partial charge in [0.25, 0.3) is 0 Å². The van der Waals surface area contributed by atoms with Crippen LogP contribution in [0.3, 0.4) is 0 Å². The van der Waals surface area contributed by atoms with E-state index >= 15 is 0 Å². The topological polar surface area (TPSA) is 37.4 Å². The van der Waals surface area contributed by atoms with Gasteiger partial charge in [0, 0.05) is 40.1 Å². The Labute approximate surface area is 203 Å². The van der Waals surface area contributed by atoms with Crippen LogP contribution in [0.2, 0.25) is 10.0 Å². The maximum absolute atomic E-state index is 13.7. The fraction of sp³-hybridized carbons (Fsp3) is 0.214. The van der Waals surface area contributed by atoms with Crippen molar-refractivity contribution in [1.29, 1.82) is 0 Å². The van der Waals surface area contributed by atoms with Crippen LogP contribution in [0.1, 0.15) is 47.8 Å². The molecule has 5 heteroatoms. The first-order chi connectivity index (χ1) is 16.0. The number of hydrogen-bond donors (Lipinski definition) is 0. The summed E-state index contributed by atoms with van der Waals surface area (Å²) in [5.74, 6) is -0.432. The number of Topliss-reactive ketones (excluding diaryl/α,β-unsaturated/α-hetero) is 1. The molecule has 3 nitrogen and oxygen atoms in total.